The molecule has 2 aromatic rings. The zero-order valence-electron chi connectivity index (χ0n) is 15.1. The van der Waals surface area contributed by atoms with Gasteiger partial charge in [-0.2, -0.15) is 0 Å². The van der Waals surface area contributed by atoms with E-state index in [9.17, 15) is 5.21 Å². The SMILES string of the molecule is CC(C)(C)COc1ncccc1/C(=N/O)N1CCCc2ccccc21. The number of aromatic nitrogens is 1. The molecule has 0 atom stereocenters. The molecule has 0 aliphatic carbocycles. The lowest BCUT2D eigenvalue weighted by Gasteiger charge is -2.31. The number of benzene rings is 1. The van der Waals surface area contributed by atoms with E-state index in [1.54, 1.807) is 6.20 Å². The van der Waals surface area contributed by atoms with Crippen molar-refractivity contribution in [3.8, 4) is 5.88 Å². The number of aryl methyl sites for hydroxylation is 1. The van der Waals surface area contributed by atoms with Crippen LogP contribution in [0.5, 0.6) is 5.88 Å². The first-order chi connectivity index (χ1) is 12.0. The van der Waals surface area contributed by atoms with Crippen molar-refractivity contribution in [3.63, 3.8) is 0 Å². The first kappa shape index (κ1) is 17.3. The smallest absolute Gasteiger partial charge is 0.224 e. The topological polar surface area (TPSA) is 58.0 Å². The minimum absolute atomic E-state index is 0.0169. The minimum atomic E-state index is 0.0169. The fourth-order valence-electron chi connectivity index (χ4n) is 2.97. The van der Waals surface area contributed by atoms with Crippen LogP contribution in [0.15, 0.2) is 47.8 Å². The van der Waals surface area contributed by atoms with E-state index in [1.807, 2.05) is 29.2 Å². The normalized spacial score (nSPS) is 15.0. The summed E-state index contributed by atoms with van der Waals surface area (Å²) in [5.41, 5.74) is 3.05. The molecule has 0 amide bonds. The van der Waals surface area contributed by atoms with Gasteiger partial charge in [0.1, 0.15) is 0 Å². The molecule has 1 aromatic heterocycles. The number of para-hydroxylation sites is 1. The van der Waals surface area contributed by atoms with Crippen LogP contribution in [0.25, 0.3) is 0 Å². The Kier molecular flexibility index (Phi) is 4.93. The molecule has 25 heavy (non-hydrogen) atoms. The number of fused-ring (bicyclic) bond motifs is 1. The van der Waals surface area contributed by atoms with Crippen LogP contribution in [0.2, 0.25) is 0 Å². The van der Waals surface area contributed by atoms with Crippen LogP contribution >= 0.6 is 0 Å². The summed E-state index contributed by atoms with van der Waals surface area (Å²) >= 11 is 0. The highest BCUT2D eigenvalue weighted by atomic mass is 16.5. The van der Waals surface area contributed by atoms with E-state index < -0.39 is 0 Å². The molecule has 0 saturated heterocycles. The summed E-state index contributed by atoms with van der Waals surface area (Å²) in [6.07, 6.45) is 3.74. The molecular formula is C20H25N3O2. The van der Waals surface area contributed by atoms with E-state index in [0.717, 1.165) is 25.1 Å². The van der Waals surface area contributed by atoms with Crippen molar-refractivity contribution in [1.29, 1.82) is 0 Å². The van der Waals surface area contributed by atoms with Crippen LogP contribution in [0, 0.1) is 5.41 Å². The first-order valence-electron chi connectivity index (χ1n) is 8.65. The molecule has 0 spiro atoms. The lowest BCUT2D eigenvalue weighted by Crippen LogP contribution is -2.36. The molecule has 2 heterocycles. The molecule has 0 fully saturated rings. The quantitative estimate of drug-likeness (QED) is 0.396. The second-order valence-corrected chi connectivity index (χ2v) is 7.51. The van der Waals surface area contributed by atoms with E-state index in [4.69, 9.17) is 4.74 Å². The highest BCUT2D eigenvalue weighted by Crippen LogP contribution is 2.30. The Hall–Kier alpha value is -2.56. The van der Waals surface area contributed by atoms with Crippen molar-refractivity contribution in [2.24, 2.45) is 10.6 Å². The summed E-state index contributed by atoms with van der Waals surface area (Å²) in [7, 11) is 0. The summed E-state index contributed by atoms with van der Waals surface area (Å²) in [5.74, 6) is 0.970. The molecule has 1 aliphatic heterocycles. The summed E-state index contributed by atoms with van der Waals surface area (Å²) in [5, 5.41) is 13.4. The Morgan fingerprint density at radius 2 is 2.04 bits per heavy atom. The third kappa shape index (κ3) is 3.92. The van der Waals surface area contributed by atoms with Gasteiger partial charge in [0.15, 0.2) is 5.84 Å². The summed E-state index contributed by atoms with van der Waals surface area (Å²) in [6, 6.07) is 12.0. The van der Waals surface area contributed by atoms with Crippen molar-refractivity contribution in [2.75, 3.05) is 18.1 Å². The van der Waals surface area contributed by atoms with Crippen LogP contribution < -0.4 is 9.64 Å². The van der Waals surface area contributed by atoms with Crippen molar-refractivity contribution in [1.82, 2.24) is 4.98 Å². The fourth-order valence-corrected chi connectivity index (χ4v) is 2.97. The van der Waals surface area contributed by atoms with Crippen LogP contribution in [0.4, 0.5) is 5.69 Å². The highest BCUT2D eigenvalue weighted by molar-refractivity contribution is 6.11. The first-order valence-corrected chi connectivity index (χ1v) is 8.65. The summed E-state index contributed by atoms with van der Waals surface area (Å²) in [6.45, 7) is 7.66. The predicted molar refractivity (Wildman–Crippen MR) is 99.6 cm³/mol. The predicted octanol–water partition coefficient (Wildman–Crippen LogP) is 4.10. The third-order valence-corrected chi connectivity index (χ3v) is 4.11. The maximum atomic E-state index is 9.77. The lowest BCUT2D eigenvalue weighted by atomic mass is 9.98. The molecule has 0 radical (unpaired) electrons. The summed E-state index contributed by atoms with van der Waals surface area (Å²) in [4.78, 5) is 6.40. The number of anilines is 1. The number of nitrogens with zero attached hydrogens (tertiary/aromatic N) is 3. The Morgan fingerprint density at radius 3 is 2.80 bits per heavy atom. The molecule has 0 bridgehead atoms. The molecule has 132 valence electrons. The summed E-state index contributed by atoms with van der Waals surface area (Å²) < 4.78 is 5.93. The molecule has 1 N–H and O–H groups in total. The van der Waals surface area contributed by atoms with Gasteiger partial charge in [0, 0.05) is 18.4 Å². The fraction of sp³-hybridized carbons (Fsp3) is 0.400. The lowest BCUT2D eigenvalue weighted by molar-refractivity contribution is 0.191. The Labute approximate surface area is 149 Å². The van der Waals surface area contributed by atoms with Gasteiger partial charge in [-0.05, 0) is 42.0 Å². The van der Waals surface area contributed by atoms with Gasteiger partial charge >= 0.3 is 0 Å². The van der Waals surface area contributed by atoms with Crippen LogP contribution in [0.1, 0.15) is 38.3 Å². The standard InChI is InChI=1S/C20H25N3O2/c1-20(2,3)14-25-19-16(10-6-12-21-19)18(22-24)23-13-7-9-15-8-4-5-11-17(15)23/h4-6,8,10-12,24H,7,9,13-14H2,1-3H3/b22-18-. The Morgan fingerprint density at radius 1 is 1.24 bits per heavy atom. The molecule has 3 rings (SSSR count). The second kappa shape index (κ2) is 7.13. The molecule has 1 aliphatic rings. The van der Waals surface area contributed by atoms with Gasteiger partial charge in [0.25, 0.3) is 0 Å². The van der Waals surface area contributed by atoms with Crippen LogP contribution in [-0.2, 0) is 6.42 Å². The van der Waals surface area contributed by atoms with Gasteiger partial charge in [-0.3, -0.25) is 0 Å². The van der Waals surface area contributed by atoms with E-state index in [1.165, 1.54) is 5.56 Å². The van der Waals surface area contributed by atoms with Crippen molar-refractivity contribution >= 4 is 11.5 Å². The maximum Gasteiger partial charge on any atom is 0.224 e. The van der Waals surface area contributed by atoms with Crippen LogP contribution in [0.3, 0.4) is 0 Å². The van der Waals surface area contributed by atoms with Gasteiger partial charge < -0.3 is 14.8 Å². The molecular weight excluding hydrogens is 314 g/mol. The van der Waals surface area contributed by atoms with Crippen molar-refractivity contribution < 1.29 is 9.94 Å². The largest absolute Gasteiger partial charge is 0.477 e. The van der Waals surface area contributed by atoms with Crippen molar-refractivity contribution in [3.05, 3.63) is 53.7 Å². The number of ether oxygens (including phenoxy) is 1. The maximum absolute atomic E-state index is 9.77. The zero-order chi connectivity index (χ0) is 17.9. The van der Waals surface area contributed by atoms with E-state index in [-0.39, 0.29) is 5.41 Å². The molecule has 0 saturated carbocycles. The monoisotopic (exact) mass is 339 g/mol. The minimum Gasteiger partial charge on any atom is -0.477 e. The highest BCUT2D eigenvalue weighted by Gasteiger charge is 2.25. The second-order valence-electron chi connectivity index (χ2n) is 7.51. The number of pyridine rings is 1. The third-order valence-electron chi connectivity index (χ3n) is 4.11. The van der Waals surface area contributed by atoms with E-state index in [0.29, 0.717) is 23.9 Å². The number of amidine groups is 1. The van der Waals surface area contributed by atoms with Gasteiger partial charge in [-0.15, -0.1) is 0 Å². The average Bonchev–Trinajstić information content (AvgIpc) is 2.61. The zero-order valence-corrected chi connectivity index (χ0v) is 15.1. The number of hydrogen-bond donors (Lipinski definition) is 1. The van der Waals surface area contributed by atoms with Crippen molar-refractivity contribution in [2.45, 2.75) is 33.6 Å². The van der Waals surface area contributed by atoms with Gasteiger partial charge in [-0.25, -0.2) is 4.98 Å². The number of rotatable bonds is 3. The molecule has 0 unspecified atom stereocenters. The van der Waals surface area contributed by atoms with Gasteiger partial charge in [0.05, 0.1) is 12.2 Å². The van der Waals surface area contributed by atoms with Crippen LogP contribution in [-0.4, -0.2) is 29.2 Å². The Bertz CT molecular complexity index is 766. The van der Waals surface area contributed by atoms with E-state index in [2.05, 4.69) is 43.0 Å². The number of oxime groups is 1. The molecule has 1 aromatic carbocycles. The van der Waals surface area contributed by atoms with Gasteiger partial charge in [-0.1, -0.05) is 44.1 Å². The van der Waals surface area contributed by atoms with E-state index >= 15 is 0 Å². The average molecular weight is 339 g/mol. The molecule has 5 nitrogen and oxygen atoms in total. The number of hydrogen-bond acceptors (Lipinski definition) is 4. The Balaban J connectivity index is 1.96. The van der Waals surface area contributed by atoms with Gasteiger partial charge in [0.2, 0.25) is 5.88 Å². The molecule has 5 heteroatoms.